The van der Waals surface area contributed by atoms with Gasteiger partial charge in [-0.2, -0.15) is 0 Å². The number of rotatable bonds is 5. The van der Waals surface area contributed by atoms with E-state index in [4.69, 9.17) is 9.47 Å². The molecule has 0 saturated heterocycles. The van der Waals surface area contributed by atoms with Crippen LogP contribution in [0.25, 0.3) is 11.1 Å². The number of aromatic nitrogens is 2. The largest absolute Gasteiger partial charge is 0.493 e. The van der Waals surface area contributed by atoms with Gasteiger partial charge >= 0.3 is 0 Å². The van der Waals surface area contributed by atoms with E-state index in [0.29, 0.717) is 11.5 Å². The Morgan fingerprint density at radius 3 is 2.29 bits per heavy atom. The van der Waals surface area contributed by atoms with Crippen LogP contribution in [0.2, 0.25) is 0 Å². The summed E-state index contributed by atoms with van der Waals surface area (Å²) in [5.41, 5.74) is 1.57. The quantitative estimate of drug-likeness (QED) is 0.773. The lowest BCUT2D eigenvalue weighted by Gasteiger charge is -2.17. The van der Waals surface area contributed by atoms with Crippen molar-refractivity contribution in [3.63, 3.8) is 0 Å². The van der Waals surface area contributed by atoms with Gasteiger partial charge in [0.15, 0.2) is 11.5 Å². The van der Waals surface area contributed by atoms with Gasteiger partial charge in [-0.1, -0.05) is 6.07 Å². The minimum absolute atomic E-state index is 0.179. The van der Waals surface area contributed by atoms with Crippen LogP contribution < -0.4 is 9.47 Å². The number of methoxy groups -OCH3 is 1. The zero-order valence-electron chi connectivity index (χ0n) is 13.7. The Morgan fingerprint density at radius 1 is 1.04 bits per heavy atom. The molecule has 1 aliphatic rings. The summed E-state index contributed by atoms with van der Waals surface area (Å²) in [6.45, 7) is 0. The van der Waals surface area contributed by atoms with Gasteiger partial charge in [-0.3, -0.25) is 0 Å². The second-order valence-corrected chi connectivity index (χ2v) is 7.83. The fourth-order valence-electron chi connectivity index (χ4n) is 2.79. The van der Waals surface area contributed by atoms with Gasteiger partial charge in [0.2, 0.25) is 15.0 Å². The van der Waals surface area contributed by atoms with Crippen LogP contribution in [0.4, 0.5) is 0 Å². The Hall–Kier alpha value is -2.15. The lowest BCUT2D eigenvalue weighted by Crippen LogP contribution is -2.11. The minimum Gasteiger partial charge on any atom is -0.493 e. The summed E-state index contributed by atoms with van der Waals surface area (Å²) in [5, 5.41) is -0.179. The van der Waals surface area contributed by atoms with Crippen molar-refractivity contribution in [1.29, 1.82) is 0 Å². The molecule has 1 aromatic heterocycles. The zero-order chi connectivity index (χ0) is 17.2. The molecule has 0 unspecified atom stereocenters. The molecule has 0 amide bonds. The first-order chi connectivity index (χ1) is 11.5. The standard InChI is InChI=1S/C17H20N2O4S/c1-22-15-8-7-12(9-16(15)23-14-5-3-4-6-14)13-10-18-17(19-11-13)24(2,20)21/h7-11,14H,3-6H2,1-2H3. The molecule has 1 fully saturated rings. The van der Waals surface area contributed by atoms with Crippen LogP contribution in [-0.4, -0.2) is 37.9 Å². The molecule has 0 spiro atoms. The fourth-order valence-corrected chi connectivity index (χ4v) is 3.28. The van der Waals surface area contributed by atoms with E-state index in [0.717, 1.165) is 30.2 Å². The molecule has 0 radical (unpaired) electrons. The number of sulfone groups is 1. The lowest BCUT2D eigenvalue weighted by atomic mass is 10.1. The minimum atomic E-state index is -3.40. The van der Waals surface area contributed by atoms with Crippen LogP contribution in [-0.2, 0) is 9.84 Å². The monoisotopic (exact) mass is 348 g/mol. The third-order valence-electron chi connectivity index (χ3n) is 4.05. The molecule has 128 valence electrons. The molecule has 0 bridgehead atoms. The van der Waals surface area contributed by atoms with Crippen LogP contribution >= 0.6 is 0 Å². The van der Waals surface area contributed by atoms with Gasteiger partial charge in [-0.25, -0.2) is 18.4 Å². The van der Waals surface area contributed by atoms with Crippen molar-refractivity contribution in [3.05, 3.63) is 30.6 Å². The molecule has 1 aliphatic carbocycles. The van der Waals surface area contributed by atoms with E-state index in [2.05, 4.69) is 9.97 Å². The SMILES string of the molecule is COc1ccc(-c2cnc(S(C)(=O)=O)nc2)cc1OC1CCCC1. The van der Waals surface area contributed by atoms with Crippen molar-refractivity contribution in [2.24, 2.45) is 0 Å². The Kier molecular flexibility index (Phi) is 4.71. The molecule has 1 aromatic carbocycles. The van der Waals surface area contributed by atoms with Crippen molar-refractivity contribution in [1.82, 2.24) is 9.97 Å². The molecular weight excluding hydrogens is 328 g/mol. The highest BCUT2D eigenvalue weighted by Gasteiger charge is 2.19. The topological polar surface area (TPSA) is 78.4 Å². The fraction of sp³-hybridized carbons (Fsp3) is 0.412. The lowest BCUT2D eigenvalue weighted by molar-refractivity contribution is 0.201. The van der Waals surface area contributed by atoms with Crippen LogP contribution in [0.15, 0.2) is 35.7 Å². The molecule has 6 nitrogen and oxygen atoms in total. The van der Waals surface area contributed by atoms with Crippen molar-refractivity contribution in [2.45, 2.75) is 36.9 Å². The summed E-state index contributed by atoms with van der Waals surface area (Å²) in [7, 11) is -1.79. The van der Waals surface area contributed by atoms with Gasteiger partial charge in [0.05, 0.1) is 13.2 Å². The van der Waals surface area contributed by atoms with E-state index in [1.165, 1.54) is 25.2 Å². The summed E-state index contributed by atoms with van der Waals surface area (Å²) in [5.74, 6) is 1.37. The van der Waals surface area contributed by atoms with E-state index >= 15 is 0 Å². The molecule has 7 heteroatoms. The first-order valence-corrected chi connectivity index (χ1v) is 9.73. The highest BCUT2D eigenvalue weighted by atomic mass is 32.2. The molecule has 24 heavy (non-hydrogen) atoms. The maximum absolute atomic E-state index is 11.5. The summed E-state index contributed by atoms with van der Waals surface area (Å²) in [6, 6.07) is 5.60. The Labute approximate surface area is 141 Å². The van der Waals surface area contributed by atoms with Gasteiger partial charge in [0.25, 0.3) is 0 Å². The molecule has 1 heterocycles. The second-order valence-electron chi connectivity index (χ2n) is 5.92. The van der Waals surface area contributed by atoms with Crippen LogP contribution in [0.3, 0.4) is 0 Å². The molecule has 0 N–H and O–H groups in total. The number of hydrogen-bond donors (Lipinski definition) is 0. The van der Waals surface area contributed by atoms with Crippen molar-refractivity contribution >= 4 is 9.84 Å². The predicted molar refractivity (Wildman–Crippen MR) is 90.0 cm³/mol. The van der Waals surface area contributed by atoms with Gasteiger partial charge in [0.1, 0.15) is 0 Å². The predicted octanol–water partition coefficient (Wildman–Crippen LogP) is 2.88. The second kappa shape index (κ2) is 6.76. The molecule has 0 atom stereocenters. The summed E-state index contributed by atoms with van der Waals surface area (Å²) in [6.07, 6.45) is 8.80. The first-order valence-electron chi connectivity index (χ1n) is 7.84. The van der Waals surface area contributed by atoms with Crippen LogP contribution in [0, 0.1) is 0 Å². The first kappa shape index (κ1) is 16.7. The Morgan fingerprint density at radius 2 is 1.71 bits per heavy atom. The van der Waals surface area contributed by atoms with Gasteiger partial charge in [0, 0.05) is 24.2 Å². The van der Waals surface area contributed by atoms with Crippen molar-refractivity contribution in [2.75, 3.05) is 13.4 Å². The summed E-state index contributed by atoms with van der Waals surface area (Å²) >= 11 is 0. The highest BCUT2D eigenvalue weighted by Crippen LogP contribution is 2.35. The molecule has 0 aliphatic heterocycles. The average molecular weight is 348 g/mol. The van der Waals surface area contributed by atoms with E-state index < -0.39 is 9.84 Å². The van der Waals surface area contributed by atoms with Gasteiger partial charge in [-0.05, 0) is 43.4 Å². The van der Waals surface area contributed by atoms with Crippen molar-refractivity contribution in [3.8, 4) is 22.6 Å². The highest BCUT2D eigenvalue weighted by molar-refractivity contribution is 7.90. The summed E-state index contributed by atoms with van der Waals surface area (Å²) in [4.78, 5) is 7.86. The van der Waals surface area contributed by atoms with Gasteiger partial charge in [-0.15, -0.1) is 0 Å². The molecule has 3 rings (SSSR count). The molecular formula is C17H20N2O4S. The number of benzene rings is 1. The van der Waals surface area contributed by atoms with Crippen LogP contribution in [0.1, 0.15) is 25.7 Å². The Balaban J connectivity index is 1.90. The number of hydrogen-bond acceptors (Lipinski definition) is 6. The smallest absolute Gasteiger partial charge is 0.246 e. The number of ether oxygens (including phenoxy) is 2. The number of nitrogens with zero attached hydrogens (tertiary/aromatic N) is 2. The van der Waals surface area contributed by atoms with E-state index in [1.54, 1.807) is 7.11 Å². The maximum Gasteiger partial charge on any atom is 0.246 e. The van der Waals surface area contributed by atoms with E-state index in [1.807, 2.05) is 18.2 Å². The normalized spacial score (nSPS) is 15.4. The van der Waals surface area contributed by atoms with E-state index in [9.17, 15) is 8.42 Å². The molecule has 2 aromatic rings. The summed E-state index contributed by atoms with van der Waals surface area (Å²) < 4.78 is 34.4. The Bertz CT molecular complexity index is 813. The zero-order valence-corrected chi connectivity index (χ0v) is 14.5. The third kappa shape index (κ3) is 3.67. The molecule has 1 saturated carbocycles. The van der Waals surface area contributed by atoms with E-state index in [-0.39, 0.29) is 11.3 Å². The third-order valence-corrected chi connectivity index (χ3v) is 4.93. The van der Waals surface area contributed by atoms with Crippen LogP contribution in [0.5, 0.6) is 11.5 Å². The average Bonchev–Trinajstić information content (AvgIpc) is 3.07. The maximum atomic E-state index is 11.5. The van der Waals surface area contributed by atoms with Crippen molar-refractivity contribution < 1.29 is 17.9 Å². The van der Waals surface area contributed by atoms with Gasteiger partial charge < -0.3 is 9.47 Å².